The van der Waals surface area contributed by atoms with E-state index in [0.717, 1.165) is 18.2 Å². The highest BCUT2D eigenvalue weighted by atomic mass is 79.9. The molecule has 0 fully saturated rings. The number of carbonyl (C=O) groups is 1. The fraction of sp³-hybridized carbons (Fsp3) is 0.364. The number of amidine groups is 1. The lowest BCUT2D eigenvalue weighted by molar-refractivity contribution is -0.142. The molecule has 1 aliphatic rings. The SMILES string of the molecule is COC(=O)C1N=C(CBr)NN1c1ncccc1C(F)(F)F. The number of methoxy groups -OCH3 is 1. The van der Waals surface area contributed by atoms with Crippen molar-refractivity contribution in [2.24, 2.45) is 4.99 Å². The van der Waals surface area contributed by atoms with Crippen LogP contribution in [0.1, 0.15) is 5.56 Å². The molecule has 0 aromatic carbocycles. The fourth-order valence-electron chi connectivity index (χ4n) is 1.74. The molecule has 0 bridgehead atoms. The molecule has 1 unspecified atom stereocenters. The third-order valence-electron chi connectivity index (χ3n) is 2.63. The molecule has 6 nitrogen and oxygen atoms in total. The number of alkyl halides is 4. The second kappa shape index (κ2) is 5.88. The summed E-state index contributed by atoms with van der Waals surface area (Å²) in [5.41, 5.74) is 1.63. The van der Waals surface area contributed by atoms with Gasteiger partial charge >= 0.3 is 12.1 Å². The zero-order valence-electron chi connectivity index (χ0n) is 10.7. The largest absolute Gasteiger partial charge is 0.466 e. The average Bonchev–Trinajstić information content (AvgIpc) is 2.89. The Hall–Kier alpha value is -1.84. The summed E-state index contributed by atoms with van der Waals surface area (Å²) in [6.07, 6.45) is -4.67. The summed E-state index contributed by atoms with van der Waals surface area (Å²) in [4.78, 5) is 19.4. The van der Waals surface area contributed by atoms with Crippen molar-refractivity contribution in [3.05, 3.63) is 23.9 Å². The third kappa shape index (κ3) is 3.09. The molecule has 1 aromatic heterocycles. The van der Waals surface area contributed by atoms with Gasteiger partial charge in [0.2, 0.25) is 6.17 Å². The number of anilines is 1. The number of esters is 1. The number of hydrogen-bond acceptors (Lipinski definition) is 6. The standard InChI is InChI=1S/C11H10BrF3N4O2/c1-21-10(20)9-17-7(5-12)18-19(9)8-6(11(13,14)15)3-2-4-16-8/h2-4,9H,5H2,1H3,(H,17,18). The number of pyridine rings is 1. The molecule has 0 spiro atoms. The van der Waals surface area contributed by atoms with Crippen molar-refractivity contribution in [1.82, 2.24) is 10.4 Å². The van der Waals surface area contributed by atoms with Crippen molar-refractivity contribution < 1.29 is 22.7 Å². The quantitative estimate of drug-likeness (QED) is 0.651. The Bertz CT molecular complexity index is 579. The zero-order chi connectivity index (χ0) is 15.6. The van der Waals surface area contributed by atoms with Gasteiger partial charge in [-0.05, 0) is 12.1 Å². The maximum Gasteiger partial charge on any atom is 0.420 e. The first-order chi connectivity index (χ1) is 9.88. The Morgan fingerprint density at radius 1 is 1.57 bits per heavy atom. The lowest BCUT2D eigenvalue weighted by Crippen LogP contribution is -2.46. The highest BCUT2D eigenvalue weighted by Crippen LogP contribution is 2.36. The van der Waals surface area contributed by atoms with Gasteiger partial charge in [-0.1, -0.05) is 15.9 Å². The van der Waals surface area contributed by atoms with Gasteiger partial charge in [0.15, 0.2) is 5.82 Å². The van der Waals surface area contributed by atoms with E-state index in [-0.39, 0.29) is 5.33 Å². The van der Waals surface area contributed by atoms with E-state index in [1.807, 2.05) is 0 Å². The van der Waals surface area contributed by atoms with Crippen molar-refractivity contribution in [2.45, 2.75) is 12.3 Å². The first kappa shape index (κ1) is 15.5. The first-order valence-corrected chi connectivity index (χ1v) is 6.79. The smallest absolute Gasteiger partial charge is 0.420 e. The minimum absolute atomic E-state index is 0.241. The van der Waals surface area contributed by atoms with E-state index in [1.165, 1.54) is 12.3 Å². The minimum atomic E-state index is -4.61. The van der Waals surface area contributed by atoms with Crippen molar-refractivity contribution in [3.8, 4) is 0 Å². The van der Waals surface area contributed by atoms with Crippen LogP contribution in [0.15, 0.2) is 23.3 Å². The summed E-state index contributed by atoms with van der Waals surface area (Å²) in [6.45, 7) is 0. The van der Waals surface area contributed by atoms with Crippen LogP contribution in [0.2, 0.25) is 0 Å². The van der Waals surface area contributed by atoms with Crippen LogP contribution in [-0.4, -0.2) is 35.4 Å². The lowest BCUT2D eigenvalue weighted by atomic mass is 10.2. The van der Waals surface area contributed by atoms with Crippen LogP contribution in [-0.2, 0) is 15.7 Å². The topological polar surface area (TPSA) is 66.8 Å². The number of nitrogens with one attached hydrogen (secondary N) is 1. The van der Waals surface area contributed by atoms with Gasteiger partial charge in [-0.2, -0.15) is 13.2 Å². The van der Waals surface area contributed by atoms with Gasteiger partial charge in [-0.15, -0.1) is 0 Å². The highest BCUT2D eigenvalue weighted by Gasteiger charge is 2.41. The monoisotopic (exact) mass is 366 g/mol. The summed E-state index contributed by atoms with van der Waals surface area (Å²) >= 11 is 3.12. The van der Waals surface area contributed by atoms with Crippen LogP contribution < -0.4 is 10.4 Å². The number of nitrogens with zero attached hydrogens (tertiary/aromatic N) is 3. The van der Waals surface area contributed by atoms with Gasteiger partial charge in [-0.25, -0.2) is 19.8 Å². The average molecular weight is 367 g/mol. The molecule has 2 heterocycles. The molecule has 1 atom stereocenters. The predicted molar refractivity (Wildman–Crippen MR) is 71.9 cm³/mol. The molecule has 10 heteroatoms. The van der Waals surface area contributed by atoms with Gasteiger partial charge in [0.25, 0.3) is 0 Å². The third-order valence-corrected chi connectivity index (χ3v) is 3.16. The van der Waals surface area contributed by atoms with Crippen LogP contribution in [0.3, 0.4) is 0 Å². The van der Waals surface area contributed by atoms with E-state index in [0.29, 0.717) is 5.84 Å². The van der Waals surface area contributed by atoms with E-state index in [2.05, 4.69) is 36.1 Å². The summed E-state index contributed by atoms with van der Waals surface area (Å²) in [5.74, 6) is -0.943. The van der Waals surface area contributed by atoms with Gasteiger partial charge in [0, 0.05) is 6.20 Å². The molecule has 0 aliphatic carbocycles. The number of ether oxygens (including phenoxy) is 1. The van der Waals surface area contributed by atoms with Crippen LogP contribution in [0.4, 0.5) is 19.0 Å². The predicted octanol–water partition coefficient (Wildman–Crippen LogP) is 1.72. The van der Waals surface area contributed by atoms with Crippen molar-refractivity contribution in [2.75, 3.05) is 17.4 Å². The Kier molecular flexibility index (Phi) is 4.35. The Balaban J connectivity index is 2.44. The van der Waals surface area contributed by atoms with E-state index >= 15 is 0 Å². The van der Waals surface area contributed by atoms with E-state index in [9.17, 15) is 18.0 Å². The molecule has 114 valence electrons. The molecule has 0 saturated carbocycles. The van der Waals surface area contributed by atoms with Crippen LogP contribution in [0, 0.1) is 0 Å². The van der Waals surface area contributed by atoms with Gasteiger partial charge in [0.05, 0.1) is 18.0 Å². The molecule has 1 N–H and O–H groups in total. The first-order valence-electron chi connectivity index (χ1n) is 5.67. The van der Waals surface area contributed by atoms with Gasteiger partial charge < -0.3 is 4.74 Å². The minimum Gasteiger partial charge on any atom is -0.466 e. The van der Waals surface area contributed by atoms with Crippen LogP contribution >= 0.6 is 15.9 Å². The van der Waals surface area contributed by atoms with Crippen LogP contribution in [0.25, 0.3) is 0 Å². The maximum atomic E-state index is 13.0. The number of hydrogen-bond donors (Lipinski definition) is 1. The molecule has 0 saturated heterocycles. The summed E-state index contributed by atoms with van der Waals surface area (Å²) in [6, 6.07) is 2.05. The summed E-state index contributed by atoms with van der Waals surface area (Å²) < 4.78 is 43.7. The van der Waals surface area contributed by atoms with Crippen molar-refractivity contribution in [1.29, 1.82) is 0 Å². The fourth-order valence-corrected chi connectivity index (χ4v) is 2.01. The number of hydrazine groups is 1. The van der Waals surface area contributed by atoms with Gasteiger partial charge in [0.1, 0.15) is 5.84 Å². The number of rotatable bonds is 3. The Labute approximate surface area is 126 Å². The highest BCUT2D eigenvalue weighted by molar-refractivity contribution is 9.09. The van der Waals surface area contributed by atoms with Crippen LogP contribution in [0.5, 0.6) is 0 Å². The molecule has 1 aromatic rings. The molecular formula is C11H10BrF3N4O2. The normalized spacial score (nSPS) is 18.2. The van der Waals surface area contributed by atoms with Crippen molar-refractivity contribution in [3.63, 3.8) is 0 Å². The van der Waals surface area contributed by atoms with Crippen molar-refractivity contribution >= 4 is 33.6 Å². The maximum absolute atomic E-state index is 13.0. The van der Waals surface area contributed by atoms with Gasteiger partial charge in [-0.3, -0.25) is 5.43 Å². The van der Waals surface area contributed by atoms with E-state index in [4.69, 9.17) is 0 Å². The number of aromatic nitrogens is 1. The zero-order valence-corrected chi connectivity index (χ0v) is 12.3. The molecule has 0 amide bonds. The molecule has 21 heavy (non-hydrogen) atoms. The lowest BCUT2D eigenvalue weighted by Gasteiger charge is -2.25. The molecule has 2 rings (SSSR count). The molecule has 0 radical (unpaired) electrons. The second-order valence-corrected chi connectivity index (χ2v) is 4.52. The summed E-state index contributed by atoms with van der Waals surface area (Å²) in [7, 11) is 1.13. The number of aliphatic imine (C=N–C) groups is 1. The Morgan fingerprint density at radius 2 is 2.29 bits per heavy atom. The molecular weight excluding hydrogens is 357 g/mol. The van der Waals surface area contributed by atoms with E-state index in [1.54, 1.807) is 0 Å². The van der Waals surface area contributed by atoms with E-state index < -0.39 is 29.7 Å². The summed E-state index contributed by atoms with van der Waals surface area (Å²) in [5, 5.41) is 1.18. The molecule has 1 aliphatic heterocycles. The number of halogens is 4. The second-order valence-electron chi connectivity index (χ2n) is 3.96. The Morgan fingerprint density at radius 3 is 2.86 bits per heavy atom. The number of carbonyl (C=O) groups excluding carboxylic acids is 1.